The zero-order valence-electron chi connectivity index (χ0n) is 17.5. The number of carbonyl (C=O) groups excluding carboxylic acids is 1. The van der Waals surface area contributed by atoms with Crippen LogP contribution >= 0.6 is 11.3 Å². The van der Waals surface area contributed by atoms with Crippen LogP contribution in [-0.2, 0) is 14.6 Å². The van der Waals surface area contributed by atoms with E-state index in [4.69, 9.17) is 0 Å². The molecular formula is C21H22F3N3O3S2. The van der Waals surface area contributed by atoms with Crippen LogP contribution in [0.2, 0.25) is 0 Å². The van der Waals surface area contributed by atoms with E-state index < -0.39 is 38.9 Å². The van der Waals surface area contributed by atoms with Gasteiger partial charge < -0.3 is 4.90 Å². The molecule has 0 atom stereocenters. The Balaban J connectivity index is 1.82. The maximum atomic E-state index is 14.1. The average Bonchev–Trinajstić information content (AvgIpc) is 3.13. The first kappa shape index (κ1) is 24.1. The minimum absolute atomic E-state index is 0.0456. The van der Waals surface area contributed by atoms with Crippen molar-refractivity contribution in [1.82, 2.24) is 9.88 Å². The number of nitrogens with zero attached hydrogens (tertiary/aromatic N) is 3. The molecule has 2 aromatic carbocycles. The lowest BCUT2D eigenvalue weighted by Gasteiger charge is -2.21. The second-order valence-electron chi connectivity index (χ2n) is 7.46. The quantitative estimate of drug-likeness (QED) is 0.431. The summed E-state index contributed by atoms with van der Waals surface area (Å²) in [6.45, 7) is 0.892. The molecule has 3 rings (SSSR count). The minimum Gasteiger partial charge on any atom is -0.309 e. The lowest BCUT2D eigenvalue weighted by molar-refractivity contribution is -0.118. The summed E-state index contributed by atoms with van der Waals surface area (Å²) < 4.78 is 66.0. The lowest BCUT2D eigenvalue weighted by Crippen LogP contribution is -2.34. The molecule has 0 fully saturated rings. The third-order valence-corrected chi connectivity index (χ3v) is 7.44. The summed E-state index contributed by atoms with van der Waals surface area (Å²) in [5.41, 5.74) is -0.0456. The van der Waals surface area contributed by atoms with Crippen LogP contribution in [-0.4, -0.2) is 57.1 Å². The number of rotatable bonds is 9. The number of thiazole rings is 1. The number of anilines is 1. The molecule has 172 valence electrons. The molecule has 0 spiro atoms. The van der Waals surface area contributed by atoms with Crippen LogP contribution in [0.3, 0.4) is 0 Å². The predicted octanol–water partition coefficient (Wildman–Crippen LogP) is 3.86. The maximum Gasteiger partial charge on any atom is 0.229 e. The van der Waals surface area contributed by atoms with Gasteiger partial charge in [0.2, 0.25) is 5.91 Å². The van der Waals surface area contributed by atoms with Crippen molar-refractivity contribution in [3.63, 3.8) is 0 Å². The monoisotopic (exact) mass is 485 g/mol. The summed E-state index contributed by atoms with van der Waals surface area (Å²) >= 11 is 0.961. The van der Waals surface area contributed by atoms with Crippen LogP contribution in [0.25, 0.3) is 10.2 Å². The number of amides is 1. The molecule has 6 nitrogen and oxygen atoms in total. The van der Waals surface area contributed by atoms with Gasteiger partial charge in [0.05, 0.1) is 15.3 Å². The third kappa shape index (κ3) is 5.84. The van der Waals surface area contributed by atoms with E-state index >= 15 is 0 Å². The fraction of sp³-hybridized carbons (Fsp3) is 0.333. The molecule has 1 heterocycles. The van der Waals surface area contributed by atoms with Crippen LogP contribution in [0.15, 0.2) is 41.3 Å². The van der Waals surface area contributed by atoms with Gasteiger partial charge in [0.15, 0.2) is 20.8 Å². The van der Waals surface area contributed by atoms with Crippen LogP contribution in [0.4, 0.5) is 18.3 Å². The topological polar surface area (TPSA) is 70.6 Å². The summed E-state index contributed by atoms with van der Waals surface area (Å²) in [5.74, 6) is -3.13. The van der Waals surface area contributed by atoms with E-state index in [2.05, 4.69) is 4.98 Å². The summed E-state index contributed by atoms with van der Waals surface area (Å²) in [5, 5.41) is 0.174. The molecule has 3 aromatic rings. The van der Waals surface area contributed by atoms with Crippen molar-refractivity contribution in [3.8, 4) is 0 Å². The van der Waals surface area contributed by atoms with Gasteiger partial charge in [-0.1, -0.05) is 11.3 Å². The molecule has 0 bridgehead atoms. The number of fused-ring (bicyclic) bond motifs is 1. The Kier molecular flexibility index (Phi) is 7.52. The van der Waals surface area contributed by atoms with Gasteiger partial charge in [0.25, 0.3) is 0 Å². The van der Waals surface area contributed by atoms with E-state index in [-0.39, 0.29) is 33.2 Å². The summed E-state index contributed by atoms with van der Waals surface area (Å²) in [6, 6.07) is 6.23. The van der Waals surface area contributed by atoms with Crippen molar-refractivity contribution in [3.05, 3.63) is 53.8 Å². The van der Waals surface area contributed by atoms with Gasteiger partial charge in [-0.05, 0) is 57.4 Å². The van der Waals surface area contributed by atoms with E-state index in [1.54, 1.807) is 0 Å². The van der Waals surface area contributed by atoms with Crippen molar-refractivity contribution in [1.29, 1.82) is 0 Å². The highest BCUT2D eigenvalue weighted by atomic mass is 32.2. The number of hydrogen-bond acceptors (Lipinski definition) is 6. The van der Waals surface area contributed by atoms with Gasteiger partial charge in [-0.15, -0.1) is 0 Å². The number of carbonyl (C=O) groups is 1. The SMILES string of the molecule is CN(C)CCCN(C(=O)CCS(=O)(=O)c1ccc(F)cc1)c1nc2c(F)cc(F)cc2s1. The first-order valence-electron chi connectivity index (χ1n) is 9.76. The third-order valence-electron chi connectivity index (χ3n) is 4.68. The fourth-order valence-electron chi connectivity index (χ4n) is 3.05. The molecule has 0 aliphatic carbocycles. The largest absolute Gasteiger partial charge is 0.309 e. The highest BCUT2D eigenvalue weighted by Gasteiger charge is 2.24. The van der Waals surface area contributed by atoms with Gasteiger partial charge in [-0.25, -0.2) is 26.6 Å². The highest BCUT2D eigenvalue weighted by molar-refractivity contribution is 7.91. The second kappa shape index (κ2) is 9.97. The lowest BCUT2D eigenvalue weighted by atomic mass is 10.3. The molecule has 0 aliphatic rings. The number of benzene rings is 2. The van der Waals surface area contributed by atoms with E-state index in [1.807, 2.05) is 19.0 Å². The van der Waals surface area contributed by atoms with Crippen molar-refractivity contribution in [2.75, 3.05) is 37.8 Å². The maximum absolute atomic E-state index is 14.1. The Hall–Kier alpha value is -2.50. The molecule has 1 amide bonds. The smallest absolute Gasteiger partial charge is 0.229 e. The molecule has 11 heteroatoms. The summed E-state index contributed by atoms with van der Waals surface area (Å²) in [6.07, 6.45) is 0.227. The van der Waals surface area contributed by atoms with Gasteiger partial charge in [0.1, 0.15) is 17.2 Å². The zero-order valence-corrected chi connectivity index (χ0v) is 19.1. The van der Waals surface area contributed by atoms with Crippen LogP contribution in [0.5, 0.6) is 0 Å². The van der Waals surface area contributed by atoms with E-state index in [9.17, 15) is 26.4 Å². The Labute approximate surface area is 188 Å². The molecule has 0 aliphatic heterocycles. The molecule has 0 saturated carbocycles. The first-order valence-corrected chi connectivity index (χ1v) is 12.2. The van der Waals surface area contributed by atoms with Gasteiger partial charge in [0, 0.05) is 19.0 Å². The standard InChI is InChI=1S/C21H22F3N3O3S2/c1-26(2)9-3-10-27(21-25-20-17(24)12-15(23)13-18(20)31-21)19(28)8-11-32(29,30)16-6-4-14(22)5-7-16/h4-7,12-13H,3,8-11H2,1-2H3. The molecule has 0 N–H and O–H groups in total. The number of hydrogen-bond donors (Lipinski definition) is 0. The van der Waals surface area contributed by atoms with E-state index in [0.29, 0.717) is 13.0 Å². The number of sulfone groups is 1. The van der Waals surface area contributed by atoms with Crippen LogP contribution in [0, 0.1) is 17.5 Å². The van der Waals surface area contributed by atoms with Crippen LogP contribution in [0.1, 0.15) is 12.8 Å². The second-order valence-corrected chi connectivity index (χ2v) is 10.6. The number of aromatic nitrogens is 1. The average molecular weight is 486 g/mol. The van der Waals surface area contributed by atoms with E-state index in [0.717, 1.165) is 47.7 Å². The first-order chi connectivity index (χ1) is 15.1. The number of halogens is 3. The normalized spacial score (nSPS) is 11.9. The van der Waals surface area contributed by atoms with Gasteiger partial charge in [-0.2, -0.15) is 0 Å². The molecule has 0 saturated heterocycles. The van der Waals surface area contributed by atoms with Crippen LogP contribution < -0.4 is 4.90 Å². The highest BCUT2D eigenvalue weighted by Crippen LogP contribution is 2.31. The molecule has 0 unspecified atom stereocenters. The summed E-state index contributed by atoms with van der Waals surface area (Å²) in [7, 11) is -0.0631. The Morgan fingerprint density at radius 3 is 2.38 bits per heavy atom. The Morgan fingerprint density at radius 1 is 1.03 bits per heavy atom. The zero-order chi connectivity index (χ0) is 23.5. The van der Waals surface area contributed by atoms with Crippen molar-refractivity contribution < 1.29 is 26.4 Å². The molecule has 0 radical (unpaired) electrons. The molecule has 1 aromatic heterocycles. The van der Waals surface area contributed by atoms with Crippen molar-refractivity contribution in [2.45, 2.75) is 17.7 Å². The predicted molar refractivity (Wildman–Crippen MR) is 118 cm³/mol. The summed E-state index contributed by atoms with van der Waals surface area (Å²) in [4.78, 5) is 20.3. The van der Waals surface area contributed by atoms with Crippen molar-refractivity contribution >= 4 is 42.4 Å². The van der Waals surface area contributed by atoms with Crippen molar-refractivity contribution in [2.24, 2.45) is 0 Å². The molecular weight excluding hydrogens is 463 g/mol. The molecule has 32 heavy (non-hydrogen) atoms. The van der Waals surface area contributed by atoms with Gasteiger partial charge in [-0.3, -0.25) is 9.69 Å². The fourth-order valence-corrected chi connectivity index (χ4v) is 5.33. The van der Waals surface area contributed by atoms with Gasteiger partial charge >= 0.3 is 0 Å². The van der Waals surface area contributed by atoms with E-state index in [1.165, 1.54) is 4.90 Å². The minimum atomic E-state index is -3.81. The Bertz CT molecular complexity index is 1210. The Morgan fingerprint density at radius 2 is 1.72 bits per heavy atom.